The SMILES string of the molecule is COC(c1noc([C@H](N)c2ccccc2Cl)n1)C1CC1. The van der Waals surface area contributed by atoms with E-state index < -0.39 is 6.04 Å². The summed E-state index contributed by atoms with van der Waals surface area (Å²) in [6.07, 6.45) is 2.17. The lowest BCUT2D eigenvalue weighted by Gasteiger charge is -2.09. The topological polar surface area (TPSA) is 74.2 Å². The Labute approximate surface area is 122 Å². The second-order valence-electron chi connectivity index (χ2n) is 4.98. The summed E-state index contributed by atoms with van der Waals surface area (Å²) in [6.45, 7) is 0. The summed E-state index contributed by atoms with van der Waals surface area (Å²) in [6, 6.07) is 6.84. The van der Waals surface area contributed by atoms with Crippen LogP contribution in [0.2, 0.25) is 5.02 Å². The number of ether oxygens (including phenoxy) is 1. The molecule has 2 N–H and O–H groups in total. The first kappa shape index (κ1) is 13.5. The van der Waals surface area contributed by atoms with Crippen LogP contribution in [0.1, 0.15) is 42.3 Å². The highest BCUT2D eigenvalue weighted by Gasteiger charge is 2.36. The number of nitrogens with zero attached hydrogens (tertiary/aromatic N) is 2. The lowest BCUT2D eigenvalue weighted by atomic mass is 10.1. The molecule has 0 radical (unpaired) electrons. The first-order valence-electron chi connectivity index (χ1n) is 6.57. The predicted octanol–water partition coefficient (Wildman–Crippen LogP) is 2.87. The normalized spacial score (nSPS) is 17.9. The molecule has 0 aliphatic heterocycles. The monoisotopic (exact) mass is 293 g/mol. The zero-order chi connectivity index (χ0) is 14.1. The lowest BCUT2D eigenvalue weighted by molar-refractivity contribution is 0.0751. The maximum absolute atomic E-state index is 6.14. The highest BCUT2D eigenvalue weighted by Crippen LogP contribution is 2.42. The molecule has 1 aromatic heterocycles. The van der Waals surface area contributed by atoms with Crippen molar-refractivity contribution in [2.45, 2.75) is 25.0 Å². The number of nitrogens with two attached hydrogens (primary N) is 1. The molecule has 0 spiro atoms. The van der Waals surface area contributed by atoms with Crippen molar-refractivity contribution in [2.75, 3.05) is 7.11 Å². The molecule has 3 rings (SSSR count). The van der Waals surface area contributed by atoms with E-state index in [0.717, 1.165) is 18.4 Å². The minimum Gasteiger partial charge on any atom is -0.373 e. The van der Waals surface area contributed by atoms with Gasteiger partial charge in [0, 0.05) is 12.1 Å². The summed E-state index contributed by atoms with van der Waals surface area (Å²) < 4.78 is 10.7. The molecule has 1 aromatic carbocycles. The zero-order valence-electron chi connectivity index (χ0n) is 11.1. The molecule has 2 aromatic rings. The van der Waals surface area contributed by atoms with Crippen LogP contribution >= 0.6 is 11.6 Å². The van der Waals surface area contributed by atoms with Crippen molar-refractivity contribution in [3.63, 3.8) is 0 Å². The van der Waals surface area contributed by atoms with Gasteiger partial charge in [-0.05, 0) is 30.4 Å². The van der Waals surface area contributed by atoms with E-state index in [1.807, 2.05) is 18.2 Å². The van der Waals surface area contributed by atoms with Gasteiger partial charge in [-0.25, -0.2) is 0 Å². The number of methoxy groups -OCH3 is 1. The highest BCUT2D eigenvalue weighted by atomic mass is 35.5. The molecular weight excluding hydrogens is 278 g/mol. The molecule has 20 heavy (non-hydrogen) atoms. The van der Waals surface area contributed by atoms with E-state index in [4.69, 9.17) is 26.6 Å². The number of aromatic nitrogens is 2. The van der Waals surface area contributed by atoms with Gasteiger partial charge in [-0.2, -0.15) is 4.98 Å². The summed E-state index contributed by atoms with van der Waals surface area (Å²) in [5.74, 6) is 1.41. The third kappa shape index (κ3) is 2.57. The Kier molecular flexibility index (Phi) is 3.74. The van der Waals surface area contributed by atoms with Gasteiger partial charge in [0.2, 0.25) is 11.7 Å². The molecule has 1 aliphatic rings. The Hall–Kier alpha value is -1.43. The van der Waals surface area contributed by atoms with Gasteiger partial charge >= 0.3 is 0 Å². The van der Waals surface area contributed by atoms with E-state index in [1.165, 1.54) is 0 Å². The number of hydrogen-bond acceptors (Lipinski definition) is 5. The molecular formula is C14H16ClN3O2. The number of benzene rings is 1. The molecule has 0 amide bonds. The van der Waals surface area contributed by atoms with Crippen molar-refractivity contribution in [2.24, 2.45) is 11.7 Å². The maximum atomic E-state index is 6.14. The van der Waals surface area contributed by atoms with Crippen molar-refractivity contribution in [3.8, 4) is 0 Å². The van der Waals surface area contributed by atoms with E-state index in [0.29, 0.717) is 22.7 Å². The van der Waals surface area contributed by atoms with Crippen molar-refractivity contribution in [1.29, 1.82) is 0 Å². The van der Waals surface area contributed by atoms with Gasteiger partial charge in [0.05, 0.1) is 0 Å². The van der Waals surface area contributed by atoms with Crippen LogP contribution in [0.15, 0.2) is 28.8 Å². The second kappa shape index (κ2) is 5.52. The number of hydrogen-bond donors (Lipinski definition) is 1. The molecule has 0 bridgehead atoms. The van der Waals surface area contributed by atoms with E-state index in [-0.39, 0.29) is 6.10 Å². The predicted molar refractivity (Wildman–Crippen MR) is 74.3 cm³/mol. The molecule has 106 valence electrons. The fourth-order valence-electron chi connectivity index (χ4n) is 2.26. The Morgan fingerprint density at radius 2 is 2.15 bits per heavy atom. The first-order chi connectivity index (χ1) is 9.70. The smallest absolute Gasteiger partial charge is 0.248 e. The van der Waals surface area contributed by atoms with Crippen molar-refractivity contribution in [3.05, 3.63) is 46.6 Å². The zero-order valence-corrected chi connectivity index (χ0v) is 11.9. The second-order valence-corrected chi connectivity index (χ2v) is 5.39. The van der Waals surface area contributed by atoms with Crippen LogP contribution < -0.4 is 5.73 Å². The molecule has 5 nitrogen and oxygen atoms in total. The van der Waals surface area contributed by atoms with Crippen LogP contribution in [0.5, 0.6) is 0 Å². The molecule has 6 heteroatoms. The van der Waals surface area contributed by atoms with Crippen LogP contribution in [-0.4, -0.2) is 17.3 Å². The van der Waals surface area contributed by atoms with Gasteiger partial charge in [-0.15, -0.1) is 0 Å². The molecule has 0 saturated heterocycles. The summed E-state index contributed by atoms with van der Waals surface area (Å²) in [5, 5.41) is 4.58. The molecule has 1 unspecified atom stereocenters. The Balaban J connectivity index is 1.84. The highest BCUT2D eigenvalue weighted by molar-refractivity contribution is 6.31. The van der Waals surface area contributed by atoms with Crippen molar-refractivity contribution >= 4 is 11.6 Å². The van der Waals surface area contributed by atoms with Crippen LogP contribution in [-0.2, 0) is 4.74 Å². The average Bonchev–Trinajstić information content (AvgIpc) is 3.16. The first-order valence-corrected chi connectivity index (χ1v) is 6.94. The standard InChI is InChI=1S/C14H16ClN3O2/c1-19-12(8-6-7-8)13-17-14(20-18-13)11(16)9-4-2-3-5-10(9)15/h2-5,8,11-12H,6-7,16H2,1H3/t11-,12?/m1/s1. The summed E-state index contributed by atoms with van der Waals surface area (Å²) in [4.78, 5) is 4.37. The minimum atomic E-state index is -0.526. The Morgan fingerprint density at radius 1 is 1.40 bits per heavy atom. The van der Waals surface area contributed by atoms with Gasteiger partial charge in [0.25, 0.3) is 0 Å². The van der Waals surface area contributed by atoms with Gasteiger partial charge in [0.1, 0.15) is 12.1 Å². The third-order valence-electron chi connectivity index (χ3n) is 3.52. The molecule has 2 atom stereocenters. The average molecular weight is 294 g/mol. The molecule has 1 heterocycles. The Morgan fingerprint density at radius 3 is 2.80 bits per heavy atom. The summed E-state index contributed by atoms with van der Waals surface area (Å²) in [7, 11) is 1.66. The van der Waals surface area contributed by atoms with Crippen molar-refractivity contribution in [1.82, 2.24) is 10.1 Å². The maximum Gasteiger partial charge on any atom is 0.248 e. The summed E-state index contributed by atoms with van der Waals surface area (Å²) in [5.41, 5.74) is 6.91. The van der Waals surface area contributed by atoms with E-state index in [1.54, 1.807) is 13.2 Å². The summed E-state index contributed by atoms with van der Waals surface area (Å²) >= 11 is 6.13. The van der Waals surface area contributed by atoms with Crippen LogP contribution in [0.4, 0.5) is 0 Å². The van der Waals surface area contributed by atoms with Gasteiger partial charge in [-0.1, -0.05) is 35.0 Å². The molecule has 1 fully saturated rings. The largest absolute Gasteiger partial charge is 0.373 e. The van der Waals surface area contributed by atoms with E-state index in [2.05, 4.69) is 10.1 Å². The molecule has 1 aliphatic carbocycles. The van der Waals surface area contributed by atoms with Crippen LogP contribution in [0.3, 0.4) is 0 Å². The van der Waals surface area contributed by atoms with E-state index >= 15 is 0 Å². The molecule has 1 saturated carbocycles. The number of rotatable bonds is 5. The fourth-order valence-corrected chi connectivity index (χ4v) is 2.51. The fraction of sp³-hybridized carbons (Fsp3) is 0.429. The van der Waals surface area contributed by atoms with E-state index in [9.17, 15) is 0 Å². The third-order valence-corrected chi connectivity index (χ3v) is 3.87. The number of halogens is 1. The van der Waals surface area contributed by atoms with Crippen molar-refractivity contribution < 1.29 is 9.26 Å². The lowest BCUT2D eigenvalue weighted by Crippen LogP contribution is -2.13. The minimum absolute atomic E-state index is 0.106. The van der Waals surface area contributed by atoms with Crippen LogP contribution in [0.25, 0.3) is 0 Å². The van der Waals surface area contributed by atoms with Gasteiger partial charge in [0.15, 0.2) is 0 Å². The quantitative estimate of drug-likeness (QED) is 0.917. The van der Waals surface area contributed by atoms with Gasteiger partial charge in [-0.3, -0.25) is 0 Å². The van der Waals surface area contributed by atoms with Crippen LogP contribution in [0, 0.1) is 5.92 Å². The Bertz CT molecular complexity index is 598. The van der Waals surface area contributed by atoms with Gasteiger partial charge < -0.3 is 15.0 Å².